The summed E-state index contributed by atoms with van der Waals surface area (Å²) in [5.74, 6) is 0.679. The van der Waals surface area contributed by atoms with Crippen LogP contribution in [-0.2, 0) is 0 Å². The molecule has 16 heavy (non-hydrogen) atoms. The summed E-state index contributed by atoms with van der Waals surface area (Å²) in [4.78, 5) is 0. The molecule has 0 spiro atoms. The number of halogens is 1. The van der Waals surface area contributed by atoms with E-state index < -0.39 is 0 Å². The lowest BCUT2D eigenvalue weighted by Gasteiger charge is -2.19. The van der Waals surface area contributed by atoms with Crippen molar-refractivity contribution in [2.75, 3.05) is 0 Å². The minimum Gasteiger partial charge on any atom is -0.324 e. The van der Waals surface area contributed by atoms with Crippen LogP contribution in [0.15, 0.2) is 18.2 Å². The fraction of sp³-hybridized carbons (Fsp3) is 0.571. The van der Waals surface area contributed by atoms with Crippen LogP contribution in [0.1, 0.15) is 50.3 Å². The minimum atomic E-state index is 0.111. The third-order valence-corrected chi connectivity index (χ3v) is 3.31. The minimum absolute atomic E-state index is 0.111. The molecular formula is C14H22ClN. The second-order valence-electron chi connectivity index (χ2n) is 4.74. The molecule has 0 aromatic heterocycles. The van der Waals surface area contributed by atoms with E-state index in [0.717, 1.165) is 11.4 Å². The molecule has 90 valence electrons. The second-order valence-corrected chi connectivity index (χ2v) is 5.17. The lowest BCUT2D eigenvalue weighted by molar-refractivity contribution is 0.439. The van der Waals surface area contributed by atoms with E-state index in [4.69, 9.17) is 17.3 Å². The Kier molecular flexibility index (Phi) is 5.30. The highest BCUT2D eigenvalue weighted by Gasteiger charge is 2.13. The molecule has 0 aliphatic rings. The molecule has 0 aliphatic carbocycles. The van der Waals surface area contributed by atoms with Crippen molar-refractivity contribution >= 4 is 11.6 Å². The van der Waals surface area contributed by atoms with Gasteiger partial charge in [0.2, 0.25) is 0 Å². The monoisotopic (exact) mass is 239 g/mol. The molecule has 0 radical (unpaired) electrons. The van der Waals surface area contributed by atoms with Crippen LogP contribution in [0.3, 0.4) is 0 Å². The summed E-state index contributed by atoms with van der Waals surface area (Å²) in [5.41, 5.74) is 8.66. The van der Waals surface area contributed by atoms with E-state index in [9.17, 15) is 0 Å². The second kappa shape index (κ2) is 6.27. The molecule has 0 saturated heterocycles. The SMILES string of the molecule is CCCC(C)CC(N)c1cc(Cl)ccc1C. The zero-order chi connectivity index (χ0) is 12.1. The Morgan fingerprint density at radius 3 is 2.69 bits per heavy atom. The third-order valence-electron chi connectivity index (χ3n) is 3.08. The Balaban J connectivity index is 2.72. The number of nitrogens with two attached hydrogens (primary N) is 1. The number of rotatable bonds is 5. The highest BCUT2D eigenvalue weighted by Crippen LogP contribution is 2.26. The van der Waals surface area contributed by atoms with Crippen LogP contribution in [-0.4, -0.2) is 0 Å². The van der Waals surface area contributed by atoms with Gasteiger partial charge in [0.25, 0.3) is 0 Å². The standard InChI is InChI=1S/C14H22ClN/c1-4-5-10(2)8-14(16)13-9-12(15)7-6-11(13)3/h6-7,9-10,14H,4-5,8,16H2,1-3H3. The van der Waals surface area contributed by atoms with Gasteiger partial charge >= 0.3 is 0 Å². The third kappa shape index (κ3) is 3.80. The Bertz CT molecular complexity index is 336. The van der Waals surface area contributed by atoms with Crippen LogP contribution >= 0.6 is 11.6 Å². The molecule has 1 rings (SSSR count). The van der Waals surface area contributed by atoms with Crippen LogP contribution < -0.4 is 5.73 Å². The van der Waals surface area contributed by atoms with E-state index in [1.165, 1.54) is 24.0 Å². The van der Waals surface area contributed by atoms with E-state index in [0.29, 0.717) is 5.92 Å². The van der Waals surface area contributed by atoms with Crippen molar-refractivity contribution in [1.82, 2.24) is 0 Å². The normalized spacial score (nSPS) is 14.8. The molecule has 0 bridgehead atoms. The summed E-state index contributed by atoms with van der Waals surface area (Å²) in [6.45, 7) is 6.58. The molecule has 1 nitrogen and oxygen atoms in total. The molecule has 1 aromatic rings. The van der Waals surface area contributed by atoms with E-state index in [1.807, 2.05) is 18.2 Å². The lowest BCUT2D eigenvalue weighted by Crippen LogP contribution is -2.15. The van der Waals surface area contributed by atoms with E-state index in [1.54, 1.807) is 0 Å². The maximum atomic E-state index is 6.24. The van der Waals surface area contributed by atoms with Gasteiger partial charge in [-0.3, -0.25) is 0 Å². The maximum Gasteiger partial charge on any atom is 0.0409 e. The zero-order valence-corrected chi connectivity index (χ0v) is 11.2. The van der Waals surface area contributed by atoms with Gasteiger partial charge < -0.3 is 5.73 Å². The van der Waals surface area contributed by atoms with Gasteiger partial charge in [0.05, 0.1) is 0 Å². The predicted molar refractivity (Wildman–Crippen MR) is 71.8 cm³/mol. The summed E-state index contributed by atoms with van der Waals surface area (Å²) >= 11 is 6.00. The Morgan fingerprint density at radius 1 is 1.38 bits per heavy atom. The summed E-state index contributed by atoms with van der Waals surface area (Å²) in [6, 6.07) is 6.07. The van der Waals surface area contributed by atoms with Crippen LogP contribution in [0.5, 0.6) is 0 Å². The molecule has 2 atom stereocenters. The van der Waals surface area contributed by atoms with Crippen molar-refractivity contribution in [3.63, 3.8) is 0 Å². The first-order valence-electron chi connectivity index (χ1n) is 6.06. The number of hydrogen-bond acceptors (Lipinski definition) is 1. The highest BCUT2D eigenvalue weighted by molar-refractivity contribution is 6.30. The quantitative estimate of drug-likeness (QED) is 0.806. The molecule has 0 aliphatic heterocycles. The average Bonchev–Trinajstić information content (AvgIpc) is 2.21. The maximum absolute atomic E-state index is 6.24. The van der Waals surface area contributed by atoms with Gasteiger partial charge in [0.15, 0.2) is 0 Å². The van der Waals surface area contributed by atoms with Gasteiger partial charge in [-0.15, -0.1) is 0 Å². The van der Waals surface area contributed by atoms with Gasteiger partial charge in [-0.1, -0.05) is 44.4 Å². The van der Waals surface area contributed by atoms with Crippen LogP contribution in [0.4, 0.5) is 0 Å². The van der Waals surface area contributed by atoms with Gasteiger partial charge in [-0.2, -0.15) is 0 Å². The highest BCUT2D eigenvalue weighted by atomic mass is 35.5. The first-order valence-corrected chi connectivity index (χ1v) is 6.44. The molecule has 2 unspecified atom stereocenters. The fourth-order valence-electron chi connectivity index (χ4n) is 2.18. The van der Waals surface area contributed by atoms with Gasteiger partial charge in [-0.05, 0) is 42.5 Å². The van der Waals surface area contributed by atoms with Crippen molar-refractivity contribution in [3.05, 3.63) is 34.3 Å². The van der Waals surface area contributed by atoms with Crippen LogP contribution in [0.25, 0.3) is 0 Å². The Hall–Kier alpha value is -0.530. The molecule has 0 fully saturated rings. The van der Waals surface area contributed by atoms with Crippen LogP contribution in [0, 0.1) is 12.8 Å². The van der Waals surface area contributed by atoms with E-state index in [-0.39, 0.29) is 6.04 Å². The Morgan fingerprint density at radius 2 is 2.06 bits per heavy atom. The molecule has 2 N–H and O–H groups in total. The van der Waals surface area contributed by atoms with Crippen molar-refractivity contribution < 1.29 is 0 Å². The van der Waals surface area contributed by atoms with E-state index >= 15 is 0 Å². The molecule has 0 heterocycles. The molecule has 0 amide bonds. The fourth-order valence-corrected chi connectivity index (χ4v) is 2.36. The molecule has 0 saturated carbocycles. The molecule has 2 heteroatoms. The van der Waals surface area contributed by atoms with Crippen molar-refractivity contribution in [3.8, 4) is 0 Å². The lowest BCUT2D eigenvalue weighted by atomic mass is 9.91. The number of hydrogen-bond donors (Lipinski definition) is 1. The van der Waals surface area contributed by atoms with Crippen molar-refractivity contribution in [2.45, 2.75) is 46.1 Å². The summed E-state index contributed by atoms with van der Waals surface area (Å²) in [5, 5.41) is 0.777. The number of benzene rings is 1. The summed E-state index contributed by atoms with van der Waals surface area (Å²) < 4.78 is 0. The summed E-state index contributed by atoms with van der Waals surface area (Å²) in [6.07, 6.45) is 3.50. The van der Waals surface area contributed by atoms with Crippen LogP contribution in [0.2, 0.25) is 5.02 Å². The van der Waals surface area contributed by atoms with Crippen molar-refractivity contribution in [2.24, 2.45) is 11.7 Å². The predicted octanol–water partition coefficient (Wildman–Crippen LogP) is 4.47. The smallest absolute Gasteiger partial charge is 0.0409 e. The molecular weight excluding hydrogens is 218 g/mol. The van der Waals surface area contributed by atoms with Gasteiger partial charge in [0.1, 0.15) is 0 Å². The largest absolute Gasteiger partial charge is 0.324 e. The molecule has 1 aromatic carbocycles. The van der Waals surface area contributed by atoms with E-state index in [2.05, 4.69) is 20.8 Å². The van der Waals surface area contributed by atoms with Gasteiger partial charge in [-0.25, -0.2) is 0 Å². The topological polar surface area (TPSA) is 26.0 Å². The zero-order valence-electron chi connectivity index (χ0n) is 10.5. The van der Waals surface area contributed by atoms with Crippen molar-refractivity contribution in [1.29, 1.82) is 0 Å². The Labute approximate surface area is 104 Å². The first kappa shape index (κ1) is 13.5. The first-order chi connectivity index (χ1) is 7.54. The average molecular weight is 240 g/mol. The summed E-state index contributed by atoms with van der Waals surface area (Å²) in [7, 11) is 0. The number of aryl methyl sites for hydroxylation is 1. The van der Waals surface area contributed by atoms with Gasteiger partial charge in [0, 0.05) is 11.1 Å².